The van der Waals surface area contributed by atoms with Crippen molar-refractivity contribution in [3.63, 3.8) is 0 Å². The number of aliphatic carboxylic acids is 1. The fourth-order valence-electron chi connectivity index (χ4n) is 3.15. The number of carboxylic acid groups (broad SMARTS) is 1. The lowest BCUT2D eigenvalue weighted by molar-refractivity contribution is -0.147. The second kappa shape index (κ2) is 9.36. The van der Waals surface area contributed by atoms with Crippen LogP contribution in [-0.4, -0.2) is 60.1 Å². The van der Waals surface area contributed by atoms with Crippen molar-refractivity contribution in [2.75, 3.05) is 20.2 Å². The fraction of sp³-hybridized carbons (Fsp3) is 0.286. The van der Waals surface area contributed by atoms with Crippen molar-refractivity contribution in [1.82, 2.24) is 10.2 Å². The van der Waals surface area contributed by atoms with E-state index in [9.17, 15) is 23.9 Å². The predicted octanol–water partition coefficient (Wildman–Crippen LogP) is 2.05. The van der Waals surface area contributed by atoms with Gasteiger partial charge in [-0.05, 0) is 48.5 Å². The number of methoxy groups -OCH3 is 1. The van der Waals surface area contributed by atoms with Gasteiger partial charge in [0.2, 0.25) is 5.91 Å². The topological polar surface area (TPSA) is 105 Å². The molecule has 0 unspecified atom stereocenters. The van der Waals surface area contributed by atoms with Crippen LogP contribution in [0.5, 0.6) is 11.5 Å². The molecule has 2 N–H and O–H groups in total. The monoisotopic (exact) mass is 416 g/mol. The maximum atomic E-state index is 12.9. The fourth-order valence-corrected chi connectivity index (χ4v) is 3.15. The van der Waals surface area contributed by atoms with Crippen molar-refractivity contribution >= 4 is 17.8 Å². The molecule has 0 spiro atoms. The quantitative estimate of drug-likeness (QED) is 0.716. The molecule has 1 aliphatic heterocycles. The summed E-state index contributed by atoms with van der Waals surface area (Å²) in [4.78, 5) is 37.2. The number of hydrogen-bond donors (Lipinski definition) is 2. The van der Waals surface area contributed by atoms with E-state index in [-0.39, 0.29) is 31.4 Å². The van der Waals surface area contributed by atoms with Crippen LogP contribution in [0.1, 0.15) is 16.8 Å². The lowest BCUT2D eigenvalue weighted by Gasteiger charge is -2.21. The number of nitrogens with one attached hydrogen (secondary N) is 1. The van der Waals surface area contributed by atoms with Gasteiger partial charge in [-0.2, -0.15) is 0 Å². The Morgan fingerprint density at radius 1 is 1.10 bits per heavy atom. The normalized spacial score (nSPS) is 18.1. The zero-order chi connectivity index (χ0) is 21.7. The second-order valence-electron chi connectivity index (χ2n) is 6.76. The number of amides is 2. The largest absolute Gasteiger partial charge is 0.480 e. The molecule has 1 saturated heterocycles. The van der Waals surface area contributed by atoms with E-state index in [1.54, 1.807) is 12.1 Å². The summed E-state index contributed by atoms with van der Waals surface area (Å²) in [6.07, 6.45) is -0.138. The van der Waals surface area contributed by atoms with Gasteiger partial charge in [-0.1, -0.05) is 0 Å². The SMILES string of the molecule is CO[C@@H]1C[C@@H](C(=O)O)N(C(=O)CNC(=O)c2ccc(Oc3ccc(F)cc3)cc2)C1. The number of hydrogen-bond acceptors (Lipinski definition) is 5. The molecule has 2 amide bonds. The molecule has 9 heteroatoms. The van der Waals surface area contributed by atoms with Gasteiger partial charge in [0.15, 0.2) is 0 Å². The molecule has 0 radical (unpaired) electrons. The number of halogens is 1. The van der Waals surface area contributed by atoms with Crippen molar-refractivity contribution in [1.29, 1.82) is 0 Å². The van der Waals surface area contributed by atoms with Crippen molar-refractivity contribution < 1.29 is 33.4 Å². The lowest BCUT2D eigenvalue weighted by Crippen LogP contribution is -2.45. The van der Waals surface area contributed by atoms with Gasteiger partial charge in [0.25, 0.3) is 5.91 Å². The summed E-state index contributed by atoms with van der Waals surface area (Å²) in [6, 6.07) is 10.7. The number of carboxylic acids is 1. The summed E-state index contributed by atoms with van der Waals surface area (Å²) in [5.74, 6) is -1.54. The first-order valence-corrected chi connectivity index (χ1v) is 9.24. The molecule has 158 valence electrons. The Morgan fingerprint density at radius 2 is 1.70 bits per heavy atom. The van der Waals surface area contributed by atoms with Gasteiger partial charge in [-0.25, -0.2) is 9.18 Å². The summed E-state index contributed by atoms with van der Waals surface area (Å²) >= 11 is 0. The molecule has 0 saturated carbocycles. The van der Waals surface area contributed by atoms with Gasteiger partial charge in [0.05, 0.1) is 12.6 Å². The standard InChI is InChI=1S/C21H21FN2O6/c1-29-17-10-18(21(27)28)24(12-17)19(25)11-23-20(26)13-2-6-15(7-3-13)30-16-8-4-14(22)5-9-16/h2-9,17-18H,10-12H2,1H3,(H,23,26)(H,27,28)/t17-,18+/m1/s1. The molecule has 1 heterocycles. The van der Waals surface area contributed by atoms with Crippen molar-refractivity contribution in [2.24, 2.45) is 0 Å². The highest BCUT2D eigenvalue weighted by Crippen LogP contribution is 2.22. The van der Waals surface area contributed by atoms with E-state index in [1.165, 1.54) is 48.4 Å². The summed E-state index contributed by atoms with van der Waals surface area (Å²) in [7, 11) is 1.46. The molecule has 0 bridgehead atoms. The van der Waals surface area contributed by atoms with Gasteiger partial charge in [-0.15, -0.1) is 0 Å². The second-order valence-corrected chi connectivity index (χ2v) is 6.76. The third kappa shape index (κ3) is 5.12. The molecule has 30 heavy (non-hydrogen) atoms. The molecule has 3 rings (SSSR count). The minimum Gasteiger partial charge on any atom is -0.480 e. The van der Waals surface area contributed by atoms with E-state index in [0.29, 0.717) is 17.1 Å². The Kier molecular flexibility index (Phi) is 6.63. The summed E-state index contributed by atoms with van der Waals surface area (Å²) < 4.78 is 23.6. The van der Waals surface area contributed by atoms with E-state index >= 15 is 0 Å². The molecule has 2 atom stereocenters. The van der Waals surface area contributed by atoms with E-state index in [1.807, 2.05) is 0 Å². The van der Waals surface area contributed by atoms with Gasteiger partial charge < -0.3 is 24.8 Å². The van der Waals surface area contributed by atoms with Crippen molar-refractivity contribution in [2.45, 2.75) is 18.6 Å². The first-order chi connectivity index (χ1) is 14.4. The molecule has 1 aliphatic rings. The van der Waals surface area contributed by atoms with E-state index in [2.05, 4.69) is 5.32 Å². The summed E-state index contributed by atoms with van der Waals surface area (Å²) in [5.41, 5.74) is 0.306. The molecule has 2 aromatic rings. The Balaban J connectivity index is 1.55. The van der Waals surface area contributed by atoms with Crippen LogP contribution in [-0.2, 0) is 14.3 Å². The zero-order valence-electron chi connectivity index (χ0n) is 16.2. The van der Waals surface area contributed by atoms with E-state index < -0.39 is 23.8 Å². The van der Waals surface area contributed by atoms with Crippen LogP contribution < -0.4 is 10.1 Å². The number of ether oxygens (including phenoxy) is 2. The molecular weight excluding hydrogens is 395 g/mol. The average Bonchev–Trinajstić information content (AvgIpc) is 3.19. The highest BCUT2D eigenvalue weighted by molar-refractivity contribution is 5.97. The van der Waals surface area contributed by atoms with Gasteiger partial charge in [0.1, 0.15) is 23.4 Å². The minimum absolute atomic E-state index is 0.164. The molecular formula is C21H21FN2O6. The number of likely N-dealkylation sites (tertiary alicyclic amines) is 1. The molecule has 1 fully saturated rings. The maximum Gasteiger partial charge on any atom is 0.326 e. The van der Waals surface area contributed by atoms with Crippen LogP contribution in [0.2, 0.25) is 0 Å². The Hall–Kier alpha value is -3.46. The number of carbonyl (C=O) groups excluding carboxylic acids is 2. The first-order valence-electron chi connectivity index (χ1n) is 9.24. The average molecular weight is 416 g/mol. The van der Waals surface area contributed by atoms with Crippen molar-refractivity contribution in [3.05, 3.63) is 59.9 Å². The van der Waals surface area contributed by atoms with Crippen LogP contribution in [0, 0.1) is 5.82 Å². The van der Waals surface area contributed by atoms with Crippen molar-refractivity contribution in [3.8, 4) is 11.5 Å². The predicted molar refractivity (Wildman–Crippen MR) is 104 cm³/mol. The van der Waals surface area contributed by atoms with Crippen LogP contribution in [0.4, 0.5) is 4.39 Å². The number of benzene rings is 2. The number of rotatable bonds is 7. The molecule has 0 aliphatic carbocycles. The third-order valence-electron chi connectivity index (χ3n) is 4.77. The van der Waals surface area contributed by atoms with Crippen LogP contribution in [0.15, 0.2) is 48.5 Å². The Morgan fingerprint density at radius 3 is 2.27 bits per heavy atom. The Bertz CT molecular complexity index is 916. The lowest BCUT2D eigenvalue weighted by atomic mass is 10.2. The third-order valence-corrected chi connectivity index (χ3v) is 4.77. The van der Waals surface area contributed by atoms with Crippen LogP contribution >= 0.6 is 0 Å². The van der Waals surface area contributed by atoms with Gasteiger partial charge >= 0.3 is 5.97 Å². The summed E-state index contributed by atoms with van der Waals surface area (Å²) in [5, 5.41) is 11.8. The van der Waals surface area contributed by atoms with E-state index in [4.69, 9.17) is 9.47 Å². The van der Waals surface area contributed by atoms with E-state index in [0.717, 1.165) is 0 Å². The van der Waals surface area contributed by atoms with Gasteiger partial charge in [0, 0.05) is 25.6 Å². The van der Waals surface area contributed by atoms with Crippen LogP contribution in [0.25, 0.3) is 0 Å². The molecule has 0 aromatic heterocycles. The van der Waals surface area contributed by atoms with Gasteiger partial charge in [-0.3, -0.25) is 9.59 Å². The maximum absolute atomic E-state index is 12.9. The highest BCUT2D eigenvalue weighted by Gasteiger charge is 2.39. The highest BCUT2D eigenvalue weighted by atomic mass is 19.1. The smallest absolute Gasteiger partial charge is 0.326 e. The summed E-state index contributed by atoms with van der Waals surface area (Å²) in [6.45, 7) is -0.162. The zero-order valence-corrected chi connectivity index (χ0v) is 16.2. The molecule has 8 nitrogen and oxygen atoms in total. The number of nitrogens with zero attached hydrogens (tertiary/aromatic N) is 1. The molecule has 2 aromatic carbocycles. The first kappa shape index (κ1) is 21.3. The number of carbonyl (C=O) groups is 3. The van der Waals surface area contributed by atoms with Crippen LogP contribution in [0.3, 0.4) is 0 Å². The minimum atomic E-state index is -1.11. The Labute approximate surface area is 172 Å².